The van der Waals surface area contributed by atoms with Crippen molar-refractivity contribution in [3.05, 3.63) is 60.0 Å². The van der Waals surface area contributed by atoms with E-state index in [0.717, 1.165) is 29.6 Å². The van der Waals surface area contributed by atoms with E-state index < -0.39 is 0 Å². The first-order valence-electron chi connectivity index (χ1n) is 10.4. The van der Waals surface area contributed by atoms with Crippen LogP contribution in [0.4, 0.5) is 6.01 Å². The first kappa shape index (κ1) is 19.2. The van der Waals surface area contributed by atoms with Gasteiger partial charge in [0.05, 0.1) is 24.0 Å². The molecule has 0 saturated carbocycles. The van der Waals surface area contributed by atoms with E-state index in [2.05, 4.69) is 25.6 Å². The van der Waals surface area contributed by atoms with Gasteiger partial charge in [-0.25, -0.2) is 9.67 Å². The highest BCUT2D eigenvalue weighted by Crippen LogP contribution is 2.26. The molecule has 0 aliphatic carbocycles. The van der Waals surface area contributed by atoms with Gasteiger partial charge < -0.3 is 14.6 Å². The lowest BCUT2D eigenvalue weighted by atomic mass is 9.96. The minimum absolute atomic E-state index is 0.0268. The maximum absolute atomic E-state index is 13.5. The molecule has 2 atom stereocenters. The molecule has 9 nitrogen and oxygen atoms in total. The number of nitrogens with zero attached hydrogens (tertiary/aromatic N) is 6. The number of aromatic nitrogens is 5. The van der Waals surface area contributed by atoms with Gasteiger partial charge >= 0.3 is 0 Å². The van der Waals surface area contributed by atoms with Crippen molar-refractivity contribution in [1.29, 1.82) is 0 Å². The molecule has 3 aromatic heterocycles. The number of piperidine rings is 1. The number of benzene rings is 1. The summed E-state index contributed by atoms with van der Waals surface area (Å²) in [5.41, 5.74) is 2.86. The fourth-order valence-electron chi connectivity index (χ4n) is 4.08. The highest BCUT2D eigenvalue weighted by molar-refractivity contribution is 5.97. The number of carbonyl (C=O) groups excluding carboxylic acids is 1. The van der Waals surface area contributed by atoms with Crippen LogP contribution in [0.3, 0.4) is 0 Å². The molecule has 9 heteroatoms. The summed E-state index contributed by atoms with van der Waals surface area (Å²) in [6.07, 6.45) is 5.07. The SMILES string of the molecule is Cc1ccc(C(=O)N2CCC[C@@H](Nc3nc4ccccc4o3)[C@@H]2C)c(-n2ccnn2)n1. The highest BCUT2D eigenvalue weighted by Gasteiger charge is 2.33. The average molecular weight is 417 g/mol. The van der Waals surface area contributed by atoms with Crippen molar-refractivity contribution in [3.63, 3.8) is 0 Å². The Morgan fingerprint density at radius 3 is 2.87 bits per heavy atom. The molecule has 0 spiro atoms. The minimum atomic E-state index is -0.0745. The van der Waals surface area contributed by atoms with Crippen LogP contribution in [-0.4, -0.2) is 54.4 Å². The Morgan fingerprint density at radius 2 is 2.06 bits per heavy atom. The predicted molar refractivity (Wildman–Crippen MR) is 115 cm³/mol. The smallest absolute Gasteiger partial charge is 0.295 e. The number of para-hydroxylation sites is 2. The number of hydrogen-bond donors (Lipinski definition) is 1. The third-order valence-corrected chi connectivity index (χ3v) is 5.74. The summed E-state index contributed by atoms with van der Waals surface area (Å²) >= 11 is 0. The normalized spacial score (nSPS) is 19.0. The van der Waals surface area contributed by atoms with Crippen molar-refractivity contribution in [3.8, 4) is 5.82 Å². The van der Waals surface area contributed by atoms with Gasteiger partial charge in [-0.2, -0.15) is 4.98 Å². The molecule has 4 aromatic rings. The lowest BCUT2D eigenvalue weighted by molar-refractivity contribution is 0.0615. The van der Waals surface area contributed by atoms with E-state index >= 15 is 0 Å². The molecule has 5 rings (SSSR count). The Hall–Kier alpha value is -3.75. The minimum Gasteiger partial charge on any atom is -0.424 e. The van der Waals surface area contributed by atoms with Gasteiger partial charge in [-0.1, -0.05) is 17.3 Å². The van der Waals surface area contributed by atoms with E-state index in [0.29, 0.717) is 23.9 Å². The van der Waals surface area contributed by atoms with Crippen LogP contribution in [0.2, 0.25) is 0 Å². The van der Waals surface area contributed by atoms with E-state index in [9.17, 15) is 4.79 Å². The van der Waals surface area contributed by atoms with Gasteiger partial charge in [0.1, 0.15) is 5.52 Å². The Labute approximate surface area is 179 Å². The summed E-state index contributed by atoms with van der Waals surface area (Å²) < 4.78 is 7.36. The lowest BCUT2D eigenvalue weighted by Crippen LogP contribution is -2.52. The van der Waals surface area contributed by atoms with Gasteiger partial charge in [0, 0.05) is 18.3 Å². The first-order chi connectivity index (χ1) is 15.1. The number of likely N-dealkylation sites (tertiary alicyclic amines) is 1. The zero-order chi connectivity index (χ0) is 21.4. The van der Waals surface area contributed by atoms with E-state index in [-0.39, 0.29) is 18.0 Å². The number of aryl methyl sites for hydroxylation is 1. The van der Waals surface area contributed by atoms with Crippen LogP contribution >= 0.6 is 0 Å². The van der Waals surface area contributed by atoms with Gasteiger partial charge in [0.2, 0.25) is 0 Å². The average Bonchev–Trinajstić information content (AvgIpc) is 3.44. The van der Waals surface area contributed by atoms with Crippen LogP contribution in [0, 0.1) is 6.92 Å². The number of carbonyl (C=O) groups is 1. The maximum atomic E-state index is 13.5. The molecule has 158 valence electrons. The number of fused-ring (bicyclic) bond motifs is 1. The predicted octanol–water partition coefficient (Wildman–Crippen LogP) is 3.22. The number of rotatable bonds is 4. The number of amides is 1. The fraction of sp³-hybridized carbons (Fsp3) is 0.318. The summed E-state index contributed by atoms with van der Waals surface area (Å²) in [5, 5.41) is 11.3. The molecule has 1 aliphatic heterocycles. The Morgan fingerprint density at radius 1 is 1.19 bits per heavy atom. The summed E-state index contributed by atoms with van der Waals surface area (Å²) in [4.78, 5) is 24.5. The van der Waals surface area contributed by atoms with Crippen LogP contribution in [0.5, 0.6) is 0 Å². The van der Waals surface area contributed by atoms with Crippen molar-refractivity contribution >= 4 is 23.0 Å². The molecule has 1 aromatic carbocycles. The Kier molecular flexibility index (Phi) is 4.85. The van der Waals surface area contributed by atoms with Crippen molar-refractivity contribution in [1.82, 2.24) is 29.9 Å². The number of oxazole rings is 1. The van der Waals surface area contributed by atoms with Crippen LogP contribution in [-0.2, 0) is 0 Å². The second-order valence-electron chi connectivity index (χ2n) is 7.79. The molecule has 0 bridgehead atoms. The monoisotopic (exact) mass is 417 g/mol. The molecule has 1 aliphatic rings. The van der Waals surface area contributed by atoms with Crippen LogP contribution in [0.1, 0.15) is 35.8 Å². The second kappa shape index (κ2) is 7.82. The molecule has 0 radical (unpaired) electrons. The van der Waals surface area contributed by atoms with Crippen LogP contribution in [0.25, 0.3) is 16.9 Å². The van der Waals surface area contributed by atoms with E-state index in [1.54, 1.807) is 12.4 Å². The van der Waals surface area contributed by atoms with Crippen molar-refractivity contribution in [2.75, 3.05) is 11.9 Å². The van der Waals surface area contributed by atoms with Crippen LogP contribution < -0.4 is 5.32 Å². The first-order valence-corrected chi connectivity index (χ1v) is 10.4. The molecule has 1 fully saturated rings. The second-order valence-corrected chi connectivity index (χ2v) is 7.79. The summed E-state index contributed by atoms with van der Waals surface area (Å²) in [6.45, 7) is 4.61. The summed E-state index contributed by atoms with van der Waals surface area (Å²) in [6, 6.07) is 11.8. The largest absolute Gasteiger partial charge is 0.424 e. The maximum Gasteiger partial charge on any atom is 0.295 e. The molecule has 1 saturated heterocycles. The molecule has 1 N–H and O–H groups in total. The molecule has 0 unspecified atom stereocenters. The number of nitrogens with one attached hydrogen (secondary N) is 1. The van der Waals surface area contributed by atoms with Crippen molar-refractivity contribution < 1.29 is 9.21 Å². The van der Waals surface area contributed by atoms with Gasteiger partial charge in [-0.3, -0.25) is 4.79 Å². The highest BCUT2D eigenvalue weighted by atomic mass is 16.4. The van der Waals surface area contributed by atoms with E-state index in [1.165, 1.54) is 4.68 Å². The fourth-order valence-corrected chi connectivity index (χ4v) is 4.08. The molecule has 31 heavy (non-hydrogen) atoms. The van der Waals surface area contributed by atoms with Gasteiger partial charge in [0.25, 0.3) is 11.9 Å². The van der Waals surface area contributed by atoms with Crippen molar-refractivity contribution in [2.24, 2.45) is 0 Å². The zero-order valence-corrected chi connectivity index (χ0v) is 17.4. The van der Waals surface area contributed by atoms with Gasteiger partial charge in [-0.15, -0.1) is 5.10 Å². The number of pyridine rings is 1. The number of hydrogen-bond acceptors (Lipinski definition) is 7. The number of anilines is 1. The van der Waals surface area contributed by atoms with E-state index in [4.69, 9.17) is 4.42 Å². The Balaban J connectivity index is 1.40. The third kappa shape index (κ3) is 3.63. The van der Waals surface area contributed by atoms with Crippen molar-refractivity contribution in [2.45, 2.75) is 38.8 Å². The molecule has 1 amide bonds. The van der Waals surface area contributed by atoms with Gasteiger partial charge in [0.15, 0.2) is 11.4 Å². The molecule has 4 heterocycles. The molecular weight excluding hydrogens is 394 g/mol. The van der Waals surface area contributed by atoms with Crippen LogP contribution in [0.15, 0.2) is 53.2 Å². The van der Waals surface area contributed by atoms with E-state index in [1.807, 2.05) is 55.1 Å². The standard InChI is InChI=1S/C22H23N7O2/c1-14-9-10-16(20(24-14)29-13-11-23-27-29)21(30)28-12-5-7-17(15(28)2)25-22-26-18-6-3-4-8-19(18)31-22/h3-4,6,8-11,13,15,17H,5,7,12H2,1-2H3,(H,25,26)/t15-,17+/m0/s1. The topological polar surface area (TPSA) is 102 Å². The quantitative estimate of drug-likeness (QED) is 0.544. The molecular formula is C22H23N7O2. The zero-order valence-electron chi connectivity index (χ0n) is 17.4. The summed E-state index contributed by atoms with van der Waals surface area (Å²) in [7, 11) is 0. The van der Waals surface area contributed by atoms with Gasteiger partial charge in [-0.05, 0) is 51.0 Å². The Bertz CT molecular complexity index is 1180. The third-order valence-electron chi connectivity index (χ3n) is 5.74. The summed E-state index contributed by atoms with van der Waals surface area (Å²) in [5.74, 6) is 0.415. The lowest BCUT2D eigenvalue weighted by Gasteiger charge is -2.39.